The van der Waals surface area contributed by atoms with E-state index in [-0.39, 0.29) is 0 Å². The van der Waals surface area contributed by atoms with E-state index in [0.717, 1.165) is 37.4 Å². The summed E-state index contributed by atoms with van der Waals surface area (Å²) in [5.41, 5.74) is 0. The highest BCUT2D eigenvalue weighted by atomic mass is 32.1. The topological polar surface area (TPSA) is 40.5 Å². The molecule has 0 fully saturated rings. The van der Waals surface area contributed by atoms with Gasteiger partial charge in [-0.1, -0.05) is 70.6 Å². The molecule has 0 saturated carbocycles. The fraction of sp³-hybridized carbons (Fsp3) is 0.950. The molecule has 0 bridgehead atoms. The highest BCUT2D eigenvalue weighted by Gasteiger charge is 2.02. The van der Waals surface area contributed by atoms with Crippen molar-refractivity contribution in [1.82, 2.24) is 4.90 Å². The average molecular weight is 392 g/mol. The van der Waals surface area contributed by atoms with Crippen LogP contribution in [0.3, 0.4) is 0 Å². The van der Waals surface area contributed by atoms with E-state index in [0.29, 0.717) is 6.42 Å². The van der Waals surface area contributed by atoms with Crippen LogP contribution in [0.1, 0.15) is 89.9 Å². The minimum Gasteiger partial charge on any atom is -0.481 e. The summed E-state index contributed by atoms with van der Waals surface area (Å²) >= 11 is 8.64. The SMILES string of the molecule is O=C(O)CCCCCCCCCCCCCCCN(CCS)CCS. The van der Waals surface area contributed by atoms with E-state index >= 15 is 0 Å². The zero-order valence-corrected chi connectivity index (χ0v) is 17.9. The molecule has 0 saturated heterocycles. The summed E-state index contributed by atoms with van der Waals surface area (Å²) in [5, 5.41) is 8.56. The maximum atomic E-state index is 10.4. The zero-order chi connectivity index (χ0) is 18.6. The van der Waals surface area contributed by atoms with Gasteiger partial charge in [-0.2, -0.15) is 25.3 Å². The van der Waals surface area contributed by atoms with Gasteiger partial charge in [0.1, 0.15) is 0 Å². The summed E-state index contributed by atoms with van der Waals surface area (Å²) in [5.74, 6) is 1.22. The Labute approximate surface area is 167 Å². The van der Waals surface area contributed by atoms with Gasteiger partial charge in [-0.25, -0.2) is 0 Å². The summed E-state index contributed by atoms with van der Waals surface area (Å²) in [6, 6.07) is 0. The first-order valence-corrected chi connectivity index (χ1v) is 11.6. The monoisotopic (exact) mass is 391 g/mol. The van der Waals surface area contributed by atoms with Crippen molar-refractivity contribution in [3.8, 4) is 0 Å². The van der Waals surface area contributed by atoms with E-state index in [4.69, 9.17) is 5.11 Å². The molecule has 5 heteroatoms. The Hall–Kier alpha value is 0.130. The Morgan fingerprint density at radius 2 is 0.960 bits per heavy atom. The third-order valence-corrected chi connectivity index (χ3v) is 5.10. The highest BCUT2D eigenvalue weighted by molar-refractivity contribution is 7.80. The largest absolute Gasteiger partial charge is 0.481 e. The Balaban J connectivity index is 3.17. The molecule has 0 aliphatic carbocycles. The molecular formula is C20H41NO2S2. The van der Waals surface area contributed by atoms with Crippen LogP contribution < -0.4 is 0 Å². The highest BCUT2D eigenvalue weighted by Crippen LogP contribution is 2.13. The van der Waals surface area contributed by atoms with Gasteiger partial charge in [-0.05, 0) is 19.4 Å². The van der Waals surface area contributed by atoms with Gasteiger partial charge in [0.05, 0.1) is 0 Å². The first-order valence-electron chi connectivity index (χ1n) is 10.4. The van der Waals surface area contributed by atoms with Gasteiger partial charge >= 0.3 is 5.97 Å². The van der Waals surface area contributed by atoms with Gasteiger partial charge in [0.25, 0.3) is 0 Å². The quantitative estimate of drug-likeness (QED) is 0.184. The molecule has 0 rings (SSSR count). The van der Waals surface area contributed by atoms with Crippen LogP contribution in [0.25, 0.3) is 0 Å². The molecule has 0 atom stereocenters. The maximum absolute atomic E-state index is 10.4. The molecule has 150 valence electrons. The van der Waals surface area contributed by atoms with E-state index in [9.17, 15) is 4.79 Å². The molecule has 0 aromatic carbocycles. The van der Waals surface area contributed by atoms with Crippen molar-refractivity contribution in [2.45, 2.75) is 89.9 Å². The van der Waals surface area contributed by atoms with Gasteiger partial charge in [-0.15, -0.1) is 0 Å². The lowest BCUT2D eigenvalue weighted by Crippen LogP contribution is -2.29. The molecule has 0 unspecified atom stereocenters. The molecule has 0 aliphatic rings. The number of nitrogens with zero attached hydrogens (tertiary/aromatic N) is 1. The van der Waals surface area contributed by atoms with Crippen LogP contribution >= 0.6 is 25.3 Å². The maximum Gasteiger partial charge on any atom is 0.303 e. The van der Waals surface area contributed by atoms with Crippen LogP contribution in [0.2, 0.25) is 0 Å². The van der Waals surface area contributed by atoms with E-state index < -0.39 is 5.97 Å². The molecule has 0 aromatic heterocycles. The third kappa shape index (κ3) is 20.3. The Kier molecular flexibility index (Phi) is 20.5. The van der Waals surface area contributed by atoms with Gasteiger partial charge < -0.3 is 10.0 Å². The Morgan fingerprint density at radius 3 is 1.32 bits per heavy atom. The number of aliphatic carboxylic acids is 1. The van der Waals surface area contributed by atoms with Gasteiger partial charge in [0.2, 0.25) is 0 Å². The fourth-order valence-electron chi connectivity index (χ4n) is 3.17. The van der Waals surface area contributed by atoms with Crippen LogP contribution in [0.15, 0.2) is 0 Å². The lowest BCUT2D eigenvalue weighted by atomic mass is 10.0. The minimum absolute atomic E-state index is 0.336. The van der Waals surface area contributed by atoms with E-state index in [1.807, 2.05) is 0 Å². The van der Waals surface area contributed by atoms with Crippen molar-refractivity contribution in [2.24, 2.45) is 0 Å². The molecule has 0 heterocycles. The van der Waals surface area contributed by atoms with Gasteiger partial charge in [0, 0.05) is 31.0 Å². The summed E-state index contributed by atoms with van der Waals surface area (Å²) in [4.78, 5) is 12.9. The fourth-order valence-corrected chi connectivity index (χ4v) is 3.74. The van der Waals surface area contributed by atoms with Crippen LogP contribution in [0, 0.1) is 0 Å². The molecule has 0 aliphatic heterocycles. The van der Waals surface area contributed by atoms with Crippen molar-refractivity contribution in [3.05, 3.63) is 0 Å². The smallest absolute Gasteiger partial charge is 0.303 e. The number of carboxylic acid groups (broad SMARTS) is 1. The second kappa shape index (κ2) is 20.4. The second-order valence-corrected chi connectivity index (χ2v) is 7.92. The molecule has 0 radical (unpaired) electrons. The normalized spacial score (nSPS) is 11.3. The van der Waals surface area contributed by atoms with E-state index in [2.05, 4.69) is 30.2 Å². The molecule has 0 spiro atoms. The van der Waals surface area contributed by atoms with E-state index in [1.165, 1.54) is 77.2 Å². The molecular weight excluding hydrogens is 350 g/mol. The molecule has 25 heavy (non-hydrogen) atoms. The number of rotatable bonds is 20. The molecule has 0 aromatic rings. The number of hydrogen-bond donors (Lipinski definition) is 3. The molecule has 1 N–H and O–H groups in total. The van der Waals surface area contributed by atoms with E-state index in [1.54, 1.807) is 0 Å². The number of carboxylic acids is 1. The van der Waals surface area contributed by atoms with Crippen molar-refractivity contribution in [1.29, 1.82) is 0 Å². The van der Waals surface area contributed by atoms with Gasteiger partial charge in [0.15, 0.2) is 0 Å². The third-order valence-electron chi connectivity index (χ3n) is 4.70. The van der Waals surface area contributed by atoms with Crippen LogP contribution in [0.5, 0.6) is 0 Å². The minimum atomic E-state index is -0.660. The standard InChI is InChI=1S/C20H41NO2S2/c22-20(23)14-12-10-8-6-4-2-1-3-5-7-9-11-13-15-21(16-18-24)17-19-25/h24-25H,1-19H2,(H,22,23). The van der Waals surface area contributed by atoms with Crippen molar-refractivity contribution in [3.63, 3.8) is 0 Å². The zero-order valence-electron chi connectivity index (χ0n) is 16.1. The Bertz CT molecular complexity index is 285. The molecule has 0 amide bonds. The van der Waals surface area contributed by atoms with Crippen molar-refractivity contribution in [2.75, 3.05) is 31.1 Å². The number of carbonyl (C=O) groups is 1. The molecule has 3 nitrogen and oxygen atoms in total. The average Bonchev–Trinajstić information content (AvgIpc) is 2.58. The summed E-state index contributed by atoms with van der Waals surface area (Å²) in [7, 11) is 0. The number of thiol groups is 2. The summed E-state index contributed by atoms with van der Waals surface area (Å²) < 4.78 is 0. The lowest BCUT2D eigenvalue weighted by Gasteiger charge is -2.20. The van der Waals surface area contributed by atoms with Crippen LogP contribution in [0.4, 0.5) is 0 Å². The predicted octanol–water partition coefficient (Wildman–Crippen LogP) is 5.69. The van der Waals surface area contributed by atoms with Crippen LogP contribution in [-0.2, 0) is 4.79 Å². The first kappa shape index (κ1) is 25.1. The summed E-state index contributed by atoms with van der Waals surface area (Å²) in [6.45, 7) is 3.38. The lowest BCUT2D eigenvalue weighted by molar-refractivity contribution is -0.137. The number of unbranched alkanes of at least 4 members (excludes halogenated alkanes) is 12. The number of hydrogen-bond acceptors (Lipinski definition) is 4. The van der Waals surface area contributed by atoms with Crippen molar-refractivity contribution < 1.29 is 9.90 Å². The summed E-state index contributed by atoms with van der Waals surface area (Å²) in [6.07, 6.45) is 16.9. The predicted molar refractivity (Wildman–Crippen MR) is 116 cm³/mol. The first-order chi connectivity index (χ1) is 12.2. The van der Waals surface area contributed by atoms with Crippen LogP contribution in [-0.4, -0.2) is 47.1 Å². The van der Waals surface area contributed by atoms with Crippen molar-refractivity contribution >= 4 is 31.2 Å². The second-order valence-electron chi connectivity index (χ2n) is 7.03. The van der Waals surface area contributed by atoms with Gasteiger partial charge in [-0.3, -0.25) is 4.79 Å². The Morgan fingerprint density at radius 1 is 0.600 bits per heavy atom.